The Morgan fingerprint density at radius 1 is 0.379 bits per heavy atom. The molecule has 29 heavy (non-hydrogen) atoms. The van der Waals surface area contributed by atoms with Gasteiger partial charge in [0.05, 0.1) is 0 Å². The van der Waals surface area contributed by atoms with Crippen LogP contribution in [-0.2, 0) is 0 Å². The molecule has 0 aliphatic heterocycles. The topological polar surface area (TPSA) is 40.5 Å². The van der Waals surface area contributed by atoms with Gasteiger partial charge in [-0.15, -0.1) is 0 Å². The van der Waals surface area contributed by atoms with Gasteiger partial charge in [-0.2, -0.15) is 0 Å². The van der Waals surface area contributed by atoms with Crippen LogP contribution in [0.3, 0.4) is 0 Å². The van der Waals surface area contributed by atoms with Crippen LogP contribution in [-0.4, -0.2) is 16.0 Å². The quantitative estimate of drug-likeness (QED) is 0.123. The van der Waals surface area contributed by atoms with E-state index in [-0.39, 0.29) is 0 Å². The molecule has 0 aromatic carbocycles. The maximum absolute atomic E-state index is 9.54. The Hall–Kier alpha value is -0.0800. The monoisotopic (exact) mass is 412 g/mol. The minimum absolute atomic E-state index is 0.437. The van der Waals surface area contributed by atoms with Crippen LogP contribution in [0.1, 0.15) is 168 Å². The molecule has 2 nitrogen and oxygen atoms in total. The van der Waals surface area contributed by atoms with Crippen LogP contribution in [0, 0.1) is 0 Å². The lowest BCUT2D eigenvalue weighted by Crippen LogP contribution is -2.26. The average Bonchev–Trinajstić information content (AvgIpc) is 2.71. The lowest BCUT2D eigenvalue weighted by molar-refractivity contribution is -0.167. The summed E-state index contributed by atoms with van der Waals surface area (Å²) in [6.45, 7) is 4.12. The number of unbranched alkanes of at least 4 members (excludes halogenated alkanes) is 21. The molecule has 0 aliphatic rings. The van der Waals surface area contributed by atoms with Crippen LogP contribution in [0.4, 0.5) is 0 Å². The number of rotatable bonds is 24. The molecule has 0 amide bonds. The first kappa shape index (κ1) is 28.9. The lowest BCUT2D eigenvalue weighted by atomic mass is 10.0. The van der Waals surface area contributed by atoms with E-state index in [4.69, 9.17) is 0 Å². The van der Waals surface area contributed by atoms with Crippen LogP contribution in [0.2, 0.25) is 0 Å². The highest BCUT2D eigenvalue weighted by molar-refractivity contribution is 4.61. The Balaban J connectivity index is 3.05. The van der Waals surface area contributed by atoms with Crippen molar-refractivity contribution in [3.05, 3.63) is 0 Å². The minimum atomic E-state index is -1.42. The molecule has 0 heterocycles. The standard InChI is InChI=1S/C27H56O2/c1-3-5-6-7-8-9-10-11-12-13-14-15-16-17-18-19-20-21-22-23-24-25-26-27(28,29)4-2/h28-29H,3-26H2,1-2H3. The van der Waals surface area contributed by atoms with Gasteiger partial charge in [-0.3, -0.25) is 0 Å². The highest BCUT2D eigenvalue weighted by Crippen LogP contribution is 2.18. The number of aliphatic hydroxyl groups is 2. The summed E-state index contributed by atoms with van der Waals surface area (Å²) in [6.07, 6.45) is 31.5. The van der Waals surface area contributed by atoms with E-state index in [1.54, 1.807) is 0 Å². The zero-order valence-electron chi connectivity index (χ0n) is 20.4. The Morgan fingerprint density at radius 2 is 0.621 bits per heavy atom. The summed E-state index contributed by atoms with van der Waals surface area (Å²) < 4.78 is 0. The van der Waals surface area contributed by atoms with E-state index in [0.717, 1.165) is 12.8 Å². The fraction of sp³-hybridized carbons (Fsp3) is 1.00. The van der Waals surface area contributed by atoms with Gasteiger partial charge in [0.25, 0.3) is 0 Å². The van der Waals surface area contributed by atoms with E-state index < -0.39 is 5.79 Å². The molecule has 0 saturated carbocycles. The van der Waals surface area contributed by atoms with Gasteiger partial charge in [-0.25, -0.2) is 0 Å². The normalized spacial score (nSPS) is 12.0. The summed E-state index contributed by atoms with van der Waals surface area (Å²) in [5.74, 6) is -1.42. The second kappa shape index (κ2) is 22.6. The van der Waals surface area contributed by atoms with Crippen LogP contribution in [0.15, 0.2) is 0 Å². The van der Waals surface area contributed by atoms with Crippen LogP contribution in [0.5, 0.6) is 0 Å². The Labute approximate surface area is 184 Å². The first-order chi connectivity index (χ1) is 14.1. The summed E-state index contributed by atoms with van der Waals surface area (Å²) in [4.78, 5) is 0. The smallest absolute Gasteiger partial charge is 0.162 e. The molecular formula is C27H56O2. The van der Waals surface area contributed by atoms with Gasteiger partial charge in [0, 0.05) is 6.42 Å². The number of hydrogen-bond donors (Lipinski definition) is 2. The summed E-state index contributed by atoms with van der Waals surface area (Å²) in [6, 6.07) is 0. The van der Waals surface area contributed by atoms with Crippen molar-refractivity contribution in [2.75, 3.05) is 0 Å². The average molecular weight is 413 g/mol. The van der Waals surface area contributed by atoms with Crippen molar-refractivity contribution in [3.8, 4) is 0 Å². The zero-order chi connectivity index (χ0) is 21.5. The second-order valence-corrected chi connectivity index (χ2v) is 9.51. The third-order valence-corrected chi connectivity index (χ3v) is 6.50. The summed E-state index contributed by atoms with van der Waals surface area (Å²) in [5, 5.41) is 19.1. The first-order valence-corrected chi connectivity index (χ1v) is 13.6. The van der Waals surface area contributed by atoms with E-state index >= 15 is 0 Å². The third-order valence-electron chi connectivity index (χ3n) is 6.50. The van der Waals surface area contributed by atoms with E-state index in [0.29, 0.717) is 12.8 Å². The predicted molar refractivity (Wildman–Crippen MR) is 129 cm³/mol. The molecule has 176 valence electrons. The van der Waals surface area contributed by atoms with Gasteiger partial charge in [0.15, 0.2) is 5.79 Å². The van der Waals surface area contributed by atoms with Gasteiger partial charge < -0.3 is 10.2 Å². The molecule has 0 saturated heterocycles. The second-order valence-electron chi connectivity index (χ2n) is 9.51. The van der Waals surface area contributed by atoms with E-state index in [2.05, 4.69) is 6.92 Å². The SMILES string of the molecule is CCCCCCCCCCCCCCCCCCCCCCCCC(O)(O)CC. The maximum Gasteiger partial charge on any atom is 0.162 e. The third kappa shape index (κ3) is 24.1. The van der Waals surface area contributed by atoms with Gasteiger partial charge in [-0.05, 0) is 12.8 Å². The molecule has 0 unspecified atom stereocenters. The zero-order valence-corrected chi connectivity index (χ0v) is 20.4. The van der Waals surface area contributed by atoms with Crippen molar-refractivity contribution < 1.29 is 10.2 Å². The molecule has 0 spiro atoms. The summed E-state index contributed by atoms with van der Waals surface area (Å²) >= 11 is 0. The molecule has 0 aromatic heterocycles. The van der Waals surface area contributed by atoms with Crippen LogP contribution in [0.25, 0.3) is 0 Å². The first-order valence-electron chi connectivity index (χ1n) is 13.6. The molecule has 2 N–H and O–H groups in total. The van der Waals surface area contributed by atoms with Crippen molar-refractivity contribution in [2.45, 2.75) is 174 Å². The predicted octanol–water partition coefficient (Wildman–Crippen LogP) is 9.07. The summed E-state index contributed by atoms with van der Waals surface area (Å²) in [5.41, 5.74) is 0. The molecule has 0 aliphatic carbocycles. The van der Waals surface area contributed by atoms with Gasteiger partial charge in [0.1, 0.15) is 0 Å². The molecule has 2 heteroatoms. The van der Waals surface area contributed by atoms with Gasteiger partial charge in [0.2, 0.25) is 0 Å². The lowest BCUT2D eigenvalue weighted by Gasteiger charge is -2.19. The summed E-state index contributed by atoms with van der Waals surface area (Å²) in [7, 11) is 0. The Kier molecular flexibility index (Phi) is 22.5. The fourth-order valence-corrected chi connectivity index (χ4v) is 4.19. The van der Waals surface area contributed by atoms with Crippen molar-refractivity contribution >= 4 is 0 Å². The van der Waals surface area contributed by atoms with Gasteiger partial charge in [-0.1, -0.05) is 149 Å². The molecule has 0 fully saturated rings. The minimum Gasteiger partial charge on any atom is -0.366 e. The molecule has 0 bridgehead atoms. The van der Waals surface area contributed by atoms with Crippen molar-refractivity contribution in [3.63, 3.8) is 0 Å². The van der Waals surface area contributed by atoms with E-state index in [9.17, 15) is 10.2 Å². The fourth-order valence-electron chi connectivity index (χ4n) is 4.19. The molecule has 0 aromatic rings. The van der Waals surface area contributed by atoms with Crippen molar-refractivity contribution in [2.24, 2.45) is 0 Å². The van der Waals surface area contributed by atoms with E-state index in [1.807, 2.05) is 6.92 Å². The molecule has 0 radical (unpaired) electrons. The van der Waals surface area contributed by atoms with Crippen molar-refractivity contribution in [1.29, 1.82) is 0 Å². The maximum atomic E-state index is 9.54. The van der Waals surface area contributed by atoms with Gasteiger partial charge >= 0.3 is 0 Å². The van der Waals surface area contributed by atoms with Crippen LogP contribution >= 0.6 is 0 Å². The highest BCUT2D eigenvalue weighted by Gasteiger charge is 2.18. The molecular weight excluding hydrogens is 356 g/mol. The van der Waals surface area contributed by atoms with Crippen LogP contribution < -0.4 is 0 Å². The molecule has 0 rings (SSSR count). The molecule has 0 atom stereocenters. The Morgan fingerprint density at radius 3 is 0.862 bits per heavy atom. The Bertz CT molecular complexity index is 301. The van der Waals surface area contributed by atoms with E-state index in [1.165, 1.54) is 128 Å². The highest BCUT2D eigenvalue weighted by atomic mass is 16.5. The largest absolute Gasteiger partial charge is 0.366 e. The van der Waals surface area contributed by atoms with Crippen molar-refractivity contribution in [1.82, 2.24) is 0 Å². The number of hydrogen-bond acceptors (Lipinski definition) is 2.